The number of nitrogens with one attached hydrogen (secondary N) is 1. The number of anilines is 1. The first-order valence-electron chi connectivity index (χ1n) is 4.81. The van der Waals surface area contributed by atoms with Gasteiger partial charge in [-0.3, -0.25) is 4.79 Å². The van der Waals surface area contributed by atoms with Crippen molar-refractivity contribution in [1.82, 2.24) is 0 Å². The van der Waals surface area contributed by atoms with E-state index in [2.05, 4.69) is 5.32 Å². The van der Waals surface area contributed by atoms with Crippen LogP contribution in [0.1, 0.15) is 12.8 Å². The van der Waals surface area contributed by atoms with E-state index in [9.17, 15) is 9.18 Å². The van der Waals surface area contributed by atoms with Gasteiger partial charge in [0.1, 0.15) is 6.67 Å². The van der Waals surface area contributed by atoms with Gasteiger partial charge in [-0.15, -0.1) is 0 Å². The van der Waals surface area contributed by atoms with Crippen molar-refractivity contribution in [2.24, 2.45) is 0 Å². The van der Waals surface area contributed by atoms with Crippen LogP contribution in [0.25, 0.3) is 0 Å². The van der Waals surface area contributed by atoms with Crippen molar-refractivity contribution >= 4 is 11.7 Å². The molecule has 0 fully saturated rings. The van der Waals surface area contributed by atoms with Crippen molar-refractivity contribution in [1.29, 1.82) is 0 Å². The lowest BCUT2D eigenvalue weighted by molar-refractivity contribution is -0.137. The van der Waals surface area contributed by atoms with E-state index in [0.717, 1.165) is 5.69 Å². The molecule has 0 heterocycles. The second-order valence-corrected chi connectivity index (χ2v) is 3.29. The summed E-state index contributed by atoms with van der Waals surface area (Å²) in [6.07, 6.45) is 0.273. The van der Waals surface area contributed by atoms with E-state index < -0.39 is 18.7 Å². The first-order chi connectivity index (χ1) is 7.22. The number of alkyl halides is 1. The number of aliphatic carboxylic acids is 1. The summed E-state index contributed by atoms with van der Waals surface area (Å²) in [4.78, 5) is 10.3. The third-order valence-corrected chi connectivity index (χ3v) is 2.04. The van der Waals surface area contributed by atoms with E-state index in [-0.39, 0.29) is 6.42 Å². The fourth-order valence-electron chi connectivity index (χ4n) is 1.26. The molecule has 0 aliphatic rings. The molecule has 1 atom stereocenters. The predicted octanol–water partition coefficient (Wildman–Crippen LogP) is 2.30. The molecule has 0 saturated carbocycles. The van der Waals surface area contributed by atoms with Gasteiger partial charge in [0, 0.05) is 12.1 Å². The van der Waals surface area contributed by atoms with E-state index in [1.54, 1.807) is 0 Å². The molecule has 0 aromatic heterocycles. The molecule has 1 unspecified atom stereocenters. The zero-order chi connectivity index (χ0) is 11.1. The molecular formula is C11H14FNO2. The van der Waals surface area contributed by atoms with Gasteiger partial charge in [0.25, 0.3) is 0 Å². The Morgan fingerprint density at radius 3 is 2.60 bits per heavy atom. The van der Waals surface area contributed by atoms with Crippen LogP contribution in [0.3, 0.4) is 0 Å². The number of halogens is 1. The minimum absolute atomic E-state index is 0.0194. The standard InChI is InChI=1S/C11H14FNO2/c12-8-10(6-7-11(14)15)13-9-4-2-1-3-5-9/h1-5,10,13H,6-8H2,(H,14,15). The predicted molar refractivity (Wildman–Crippen MR) is 56.7 cm³/mol. The zero-order valence-corrected chi connectivity index (χ0v) is 8.32. The van der Waals surface area contributed by atoms with E-state index in [0.29, 0.717) is 6.42 Å². The second-order valence-electron chi connectivity index (χ2n) is 3.29. The highest BCUT2D eigenvalue weighted by Gasteiger charge is 2.09. The number of para-hydroxylation sites is 1. The average Bonchev–Trinajstić information content (AvgIpc) is 2.25. The maximum absolute atomic E-state index is 12.5. The van der Waals surface area contributed by atoms with Crippen LogP contribution in [0, 0.1) is 0 Å². The highest BCUT2D eigenvalue weighted by molar-refractivity contribution is 5.66. The van der Waals surface area contributed by atoms with Crippen molar-refractivity contribution in [3.05, 3.63) is 30.3 Å². The van der Waals surface area contributed by atoms with Gasteiger partial charge in [0.2, 0.25) is 0 Å². The lowest BCUT2D eigenvalue weighted by Gasteiger charge is -2.15. The van der Waals surface area contributed by atoms with E-state index in [1.165, 1.54) is 0 Å². The Balaban J connectivity index is 2.43. The number of rotatable bonds is 6. The molecule has 82 valence electrons. The van der Waals surface area contributed by atoms with Crippen molar-refractivity contribution < 1.29 is 14.3 Å². The van der Waals surface area contributed by atoms with Crippen LogP contribution in [0.2, 0.25) is 0 Å². The topological polar surface area (TPSA) is 49.3 Å². The van der Waals surface area contributed by atoms with E-state index in [1.807, 2.05) is 30.3 Å². The van der Waals surface area contributed by atoms with Gasteiger partial charge in [0.05, 0.1) is 6.04 Å². The number of carboxylic acid groups (broad SMARTS) is 1. The second kappa shape index (κ2) is 6.01. The normalized spacial score (nSPS) is 12.1. The Kier molecular flexibility index (Phi) is 4.60. The molecule has 0 bridgehead atoms. The van der Waals surface area contributed by atoms with Crippen molar-refractivity contribution in [2.45, 2.75) is 18.9 Å². The molecule has 1 aromatic carbocycles. The van der Waals surface area contributed by atoms with Crippen molar-refractivity contribution in [2.75, 3.05) is 12.0 Å². The monoisotopic (exact) mass is 211 g/mol. The Morgan fingerprint density at radius 1 is 1.40 bits per heavy atom. The summed E-state index contributed by atoms with van der Waals surface area (Å²) in [6.45, 7) is -0.567. The van der Waals surface area contributed by atoms with Crippen LogP contribution < -0.4 is 5.32 Å². The van der Waals surface area contributed by atoms with Gasteiger partial charge in [-0.2, -0.15) is 0 Å². The summed E-state index contributed by atoms with van der Waals surface area (Å²) in [5.41, 5.74) is 0.811. The first-order valence-corrected chi connectivity index (χ1v) is 4.81. The summed E-state index contributed by atoms with van der Waals surface area (Å²) < 4.78 is 12.5. The molecule has 4 heteroatoms. The number of hydrogen-bond donors (Lipinski definition) is 2. The van der Waals surface area contributed by atoms with Gasteiger partial charge < -0.3 is 10.4 Å². The maximum atomic E-state index is 12.5. The quantitative estimate of drug-likeness (QED) is 0.759. The molecule has 0 saturated heterocycles. The number of carboxylic acids is 1. The largest absolute Gasteiger partial charge is 0.481 e. The molecule has 1 rings (SSSR count). The number of benzene rings is 1. The zero-order valence-electron chi connectivity index (χ0n) is 8.32. The Labute approximate surface area is 87.9 Å². The Morgan fingerprint density at radius 2 is 2.07 bits per heavy atom. The summed E-state index contributed by atoms with van der Waals surface area (Å²) in [5.74, 6) is -0.900. The molecular weight excluding hydrogens is 197 g/mol. The molecule has 0 radical (unpaired) electrons. The lowest BCUT2D eigenvalue weighted by atomic mass is 10.1. The Bertz CT molecular complexity index is 303. The van der Waals surface area contributed by atoms with Crippen LogP contribution in [-0.4, -0.2) is 23.8 Å². The maximum Gasteiger partial charge on any atom is 0.303 e. The van der Waals surface area contributed by atoms with Crippen molar-refractivity contribution in [3.63, 3.8) is 0 Å². The molecule has 2 N–H and O–H groups in total. The first kappa shape index (κ1) is 11.5. The van der Waals surface area contributed by atoms with Crippen LogP contribution in [0.15, 0.2) is 30.3 Å². The minimum atomic E-state index is -0.900. The average molecular weight is 211 g/mol. The van der Waals surface area contributed by atoms with Gasteiger partial charge in [-0.1, -0.05) is 18.2 Å². The van der Waals surface area contributed by atoms with E-state index >= 15 is 0 Å². The smallest absolute Gasteiger partial charge is 0.303 e. The third-order valence-electron chi connectivity index (χ3n) is 2.04. The van der Waals surface area contributed by atoms with Crippen LogP contribution >= 0.6 is 0 Å². The lowest BCUT2D eigenvalue weighted by Crippen LogP contribution is -2.22. The fourth-order valence-corrected chi connectivity index (χ4v) is 1.26. The number of carbonyl (C=O) groups is 1. The number of hydrogen-bond acceptors (Lipinski definition) is 2. The van der Waals surface area contributed by atoms with Crippen LogP contribution in [0.5, 0.6) is 0 Å². The van der Waals surface area contributed by atoms with Gasteiger partial charge in [0.15, 0.2) is 0 Å². The summed E-state index contributed by atoms with van der Waals surface area (Å²) in [5, 5.41) is 11.4. The Hall–Kier alpha value is -1.58. The summed E-state index contributed by atoms with van der Waals surface area (Å²) >= 11 is 0. The van der Waals surface area contributed by atoms with Gasteiger partial charge in [-0.05, 0) is 18.6 Å². The summed E-state index contributed by atoms with van der Waals surface area (Å²) in [7, 11) is 0. The molecule has 0 spiro atoms. The van der Waals surface area contributed by atoms with Crippen LogP contribution in [-0.2, 0) is 4.79 Å². The molecule has 1 aromatic rings. The summed E-state index contributed by atoms with van der Waals surface area (Å²) in [6, 6.07) is 8.77. The molecule has 3 nitrogen and oxygen atoms in total. The molecule has 0 amide bonds. The van der Waals surface area contributed by atoms with Gasteiger partial charge in [-0.25, -0.2) is 4.39 Å². The molecule has 0 aliphatic heterocycles. The van der Waals surface area contributed by atoms with Gasteiger partial charge >= 0.3 is 5.97 Å². The highest BCUT2D eigenvalue weighted by Crippen LogP contribution is 2.10. The third kappa shape index (κ3) is 4.44. The SMILES string of the molecule is O=C(O)CCC(CF)Nc1ccccc1. The minimum Gasteiger partial charge on any atom is -0.481 e. The molecule has 0 aliphatic carbocycles. The van der Waals surface area contributed by atoms with Crippen LogP contribution in [0.4, 0.5) is 10.1 Å². The fraction of sp³-hybridized carbons (Fsp3) is 0.364. The highest BCUT2D eigenvalue weighted by atomic mass is 19.1. The van der Waals surface area contributed by atoms with Crippen molar-refractivity contribution in [3.8, 4) is 0 Å². The molecule has 15 heavy (non-hydrogen) atoms. The van der Waals surface area contributed by atoms with E-state index in [4.69, 9.17) is 5.11 Å².